The standard InChI is InChI=1S/C14H14BrN/c1-11(4-2-8-15)13-7-6-12-5-3-9-16-14(12)10-13/h3-7,9-10H,2,8H2,1H3/b11-4-. The Kier molecular flexibility index (Phi) is 3.73. The van der Waals surface area contributed by atoms with Crippen molar-refractivity contribution in [3.63, 3.8) is 0 Å². The van der Waals surface area contributed by atoms with Gasteiger partial charge >= 0.3 is 0 Å². The second kappa shape index (κ2) is 5.26. The smallest absolute Gasteiger partial charge is 0.0708 e. The molecular weight excluding hydrogens is 262 g/mol. The molecule has 0 amide bonds. The van der Waals surface area contributed by atoms with Gasteiger partial charge in [0.15, 0.2) is 0 Å². The third-order valence-corrected chi connectivity index (χ3v) is 3.08. The molecule has 0 spiro atoms. The largest absolute Gasteiger partial charge is 0.256 e. The zero-order chi connectivity index (χ0) is 11.4. The first kappa shape index (κ1) is 11.3. The fourth-order valence-electron chi connectivity index (χ4n) is 1.70. The van der Waals surface area contributed by atoms with Crippen molar-refractivity contribution in [2.24, 2.45) is 0 Å². The molecule has 1 heterocycles. The highest BCUT2D eigenvalue weighted by atomic mass is 79.9. The molecule has 2 heteroatoms. The maximum absolute atomic E-state index is 4.37. The lowest BCUT2D eigenvalue weighted by atomic mass is 10.0. The van der Waals surface area contributed by atoms with E-state index in [4.69, 9.17) is 0 Å². The summed E-state index contributed by atoms with van der Waals surface area (Å²) in [6.45, 7) is 2.15. The fourth-order valence-corrected chi connectivity index (χ4v) is 1.93. The van der Waals surface area contributed by atoms with E-state index < -0.39 is 0 Å². The maximum Gasteiger partial charge on any atom is 0.0708 e. The van der Waals surface area contributed by atoms with Gasteiger partial charge in [-0.1, -0.05) is 40.2 Å². The second-order valence-electron chi connectivity index (χ2n) is 3.78. The second-order valence-corrected chi connectivity index (χ2v) is 4.57. The lowest BCUT2D eigenvalue weighted by molar-refractivity contribution is 1.26. The zero-order valence-electron chi connectivity index (χ0n) is 9.28. The van der Waals surface area contributed by atoms with Crippen LogP contribution in [0.2, 0.25) is 0 Å². The van der Waals surface area contributed by atoms with Crippen LogP contribution in [-0.2, 0) is 0 Å². The fraction of sp³-hybridized carbons (Fsp3) is 0.214. The molecule has 0 radical (unpaired) electrons. The highest BCUT2D eigenvalue weighted by Gasteiger charge is 1.98. The average molecular weight is 276 g/mol. The van der Waals surface area contributed by atoms with Crippen LogP contribution in [0.15, 0.2) is 42.6 Å². The molecule has 0 saturated carbocycles. The predicted molar refractivity (Wildman–Crippen MR) is 73.8 cm³/mol. The van der Waals surface area contributed by atoms with E-state index in [-0.39, 0.29) is 0 Å². The van der Waals surface area contributed by atoms with Crippen molar-refractivity contribution >= 4 is 32.4 Å². The Morgan fingerprint density at radius 1 is 1.38 bits per heavy atom. The molecule has 0 aliphatic rings. The normalized spacial score (nSPS) is 12.0. The van der Waals surface area contributed by atoms with Crippen LogP contribution in [0.5, 0.6) is 0 Å². The Balaban J connectivity index is 2.39. The first-order valence-electron chi connectivity index (χ1n) is 5.39. The Bertz CT molecular complexity index is 517. The summed E-state index contributed by atoms with van der Waals surface area (Å²) < 4.78 is 0. The van der Waals surface area contributed by atoms with Crippen molar-refractivity contribution in [1.82, 2.24) is 4.98 Å². The minimum Gasteiger partial charge on any atom is -0.256 e. The summed E-state index contributed by atoms with van der Waals surface area (Å²) in [4.78, 5) is 4.37. The van der Waals surface area contributed by atoms with E-state index in [9.17, 15) is 0 Å². The third-order valence-electron chi connectivity index (χ3n) is 2.62. The molecule has 1 aromatic heterocycles. The van der Waals surface area contributed by atoms with Crippen LogP contribution in [0, 0.1) is 0 Å². The predicted octanol–water partition coefficient (Wildman–Crippen LogP) is 4.42. The van der Waals surface area contributed by atoms with Gasteiger partial charge in [-0.2, -0.15) is 0 Å². The molecule has 0 N–H and O–H groups in total. The van der Waals surface area contributed by atoms with Crippen molar-refractivity contribution < 1.29 is 0 Å². The van der Waals surface area contributed by atoms with Gasteiger partial charge in [0.05, 0.1) is 5.52 Å². The van der Waals surface area contributed by atoms with Gasteiger partial charge in [0.1, 0.15) is 0 Å². The van der Waals surface area contributed by atoms with Crippen LogP contribution in [-0.4, -0.2) is 10.3 Å². The number of hydrogen-bond donors (Lipinski definition) is 0. The molecule has 82 valence electrons. The van der Waals surface area contributed by atoms with E-state index >= 15 is 0 Å². The SMILES string of the molecule is C/C(=C/CCBr)c1ccc2cccnc2c1. The number of hydrogen-bond acceptors (Lipinski definition) is 1. The molecule has 16 heavy (non-hydrogen) atoms. The summed E-state index contributed by atoms with van der Waals surface area (Å²) in [5.41, 5.74) is 3.63. The molecule has 2 aromatic rings. The third kappa shape index (κ3) is 2.50. The van der Waals surface area contributed by atoms with Gasteiger partial charge in [-0.05, 0) is 36.6 Å². The monoisotopic (exact) mass is 275 g/mol. The summed E-state index contributed by atoms with van der Waals surface area (Å²) >= 11 is 3.43. The van der Waals surface area contributed by atoms with E-state index in [2.05, 4.69) is 58.2 Å². The Morgan fingerprint density at radius 2 is 2.25 bits per heavy atom. The highest BCUT2D eigenvalue weighted by Crippen LogP contribution is 2.19. The number of fused-ring (bicyclic) bond motifs is 1. The number of pyridine rings is 1. The van der Waals surface area contributed by atoms with Crippen LogP contribution in [0.1, 0.15) is 18.9 Å². The molecule has 0 saturated heterocycles. The van der Waals surface area contributed by atoms with Gasteiger partial charge in [-0.15, -0.1) is 0 Å². The van der Waals surface area contributed by atoms with E-state index in [0.29, 0.717) is 0 Å². The molecule has 0 fully saturated rings. The van der Waals surface area contributed by atoms with Crippen LogP contribution in [0.3, 0.4) is 0 Å². The molecule has 0 aliphatic carbocycles. The van der Waals surface area contributed by atoms with Crippen LogP contribution in [0.25, 0.3) is 16.5 Å². The molecule has 0 aliphatic heterocycles. The van der Waals surface area contributed by atoms with Gasteiger partial charge < -0.3 is 0 Å². The number of benzene rings is 1. The maximum atomic E-state index is 4.37. The lowest BCUT2D eigenvalue weighted by Crippen LogP contribution is -1.83. The molecule has 0 bridgehead atoms. The van der Waals surface area contributed by atoms with Crippen LogP contribution >= 0.6 is 15.9 Å². The van der Waals surface area contributed by atoms with Crippen molar-refractivity contribution in [2.45, 2.75) is 13.3 Å². The van der Waals surface area contributed by atoms with E-state index in [1.165, 1.54) is 16.5 Å². The number of alkyl halides is 1. The molecule has 0 unspecified atom stereocenters. The van der Waals surface area contributed by atoms with Gasteiger partial charge in [0.2, 0.25) is 0 Å². The summed E-state index contributed by atoms with van der Waals surface area (Å²) in [5, 5.41) is 2.20. The summed E-state index contributed by atoms with van der Waals surface area (Å²) in [6.07, 6.45) is 5.15. The minimum atomic E-state index is 1.01. The summed E-state index contributed by atoms with van der Waals surface area (Å²) in [6, 6.07) is 10.5. The van der Waals surface area contributed by atoms with Gasteiger partial charge in [0, 0.05) is 16.9 Å². The zero-order valence-corrected chi connectivity index (χ0v) is 10.9. The molecular formula is C14H14BrN. The van der Waals surface area contributed by atoms with E-state index in [0.717, 1.165) is 17.3 Å². The topological polar surface area (TPSA) is 12.9 Å². The van der Waals surface area contributed by atoms with E-state index in [1.54, 1.807) is 0 Å². The van der Waals surface area contributed by atoms with Crippen molar-refractivity contribution in [3.8, 4) is 0 Å². The number of aromatic nitrogens is 1. The number of halogens is 1. The van der Waals surface area contributed by atoms with Gasteiger partial charge in [-0.3, -0.25) is 4.98 Å². The molecule has 1 aromatic carbocycles. The van der Waals surface area contributed by atoms with Crippen LogP contribution in [0.4, 0.5) is 0 Å². The van der Waals surface area contributed by atoms with Crippen molar-refractivity contribution in [3.05, 3.63) is 48.2 Å². The number of allylic oxidation sites excluding steroid dienone is 2. The van der Waals surface area contributed by atoms with Crippen molar-refractivity contribution in [2.75, 3.05) is 5.33 Å². The minimum absolute atomic E-state index is 1.01. The van der Waals surface area contributed by atoms with E-state index in [1.807, 2.05) is 12.3 Å². The molecule has 0 atom stereocenters. The quantitative estimate of drug-likeness (QED) is 0.756. The Labute approximate surface area is 104 Å². The van der Waals surface area contributed by atoms with Gasteiger partial charge in [0.25, 0.3) is 0 Å². The Morgan fingerprint density at radius 3 is 3.06 bits per heavy atom. The number of rotatable bonds is 3. The molecule has 1 nitrogen and oxygen atoms in total. The van der Waals surface area contributed by atoms with Crippen molar-refractivity contribution in [1.29, 1.82) is 0 Å². The Hall–Kier alpha value is -1.15. The average Bonchev–Trinajstić information content (AvgIpc) is 2.35. The van der Waals surface area contributed by atoms with Crippen LogP contribution < -0.4 is 0 Å². The first-order valence-corrected chi connectivity index (χ1v) is 6.51. The van der Waals surface area contributed by atoms with Gasteiger partial charge in [-0.25, -0.2) is 0 Å². The summed E-state index contributed by atoms with van der Waals surface area (Å²) in [5.74, 6) is 0. The lowest BCUT2D eigenvalue weighted by Gasteiger charge is -2.03. The first-order chi connectivity index (χ1) is 7.81. The molecule has 2 rings (SSSR count). The number of nitrogens with zero attached hydrogens (tertiary/aromatic N) is 1. The summed E-state index contributed by atoms with van der Waals surface area (Å²) in [7, 11) is 0. The highest BCUT2D eigenvalue weighted by molar-refractivity contribution is 9.09.